The molecule has 4 aromatic rings. The monoisotopic (exact) mass is 1230 g/mol. The molecule has 1 fully saturated rings. The number of methoxy groups -OCH3 is 2. The van der Waals surface area contributed by atoms with Gasteiger partial charge in [0.1, 0.15) is 24.2 Å². The summed E-state index contributed by atoms with van der Waals surface area (Å²) in [6.07, 6.45) is -4.92. The Labute approximate surface area is 515 Å². The maximum atomic E-state index is 15.1. The number of hydrogen-bond donors (Lipinski definition) is 0. The van der Waals surface area contributed by atoms with Crippen molar-refractivity contribution in [1.29, 1.82) is 0 Å². The molecule has 22 heteroatoms. The second-order valence-electron chi connectivity index (χ2n) is 24.2. The molecule has 1 saturated heterocycles. The summed E-state index contributed by atoms with van der Waals surface area (Å²) in [6.45, 7) is 21.4. The number of carbonyl (C=O) groups excluding carboxylic acids is 8. The number of amides is 4. The number of carbonyl (C=O) groups is 8. The van der Waals surface area contributed by atoms with E-state index in [4.69, 9.17) is 28.4 Å². The van der Waals surface area contributed by atoms with Crippen LogP contribution in [0.1, 0.15) is 138 Å². The highest BCUT2D eigenvalue weighted by molar-refractivity contribution is 7.13. The molecule has 20 nitrogen and oxygen atoms in total. The van der Waals surface area contributed by atoms with Gasteiger partial charge in [-0.1, -0.05) is 127 Å². The fraction of sp³-hybridized carbons (Fsp3) is 0.594. The van der Waals surface area contributed by atoms with Crippen LogP contribution in [0.25, 0.3) is 0 Å². The van der Waals surface area contributed by atoms with Gasteiger partial charge in [-0.3, -0.25) is 19.2 Å². The van der Waals surface area contributed by atoms with Gasteiger partial charge in [0.05, 0.1) is 25.6 Å². The Morgan fingerprint density at radius 1 is 0.430 bits per heavy atom. The van der Waals surface area contributed by atoms with Crippen molar-refractivity contribution in [1.82, 2.24) is 29.6 Å². The second kappa shape index (κ2) is 31.6. The zero-order valence-corrected chi connectivity index (χ0v) is 55.1. The zero-order valence-electron chi connectivity index (χ0n) is 53.4. The highest BCUT2D eigenvalue weighted by atomic mass is 32.1. The number of nitrogens with zero attached hydrogens (tertiary/aromatic N) is 6. The van der Waals surface area contributed by atoms with Crippen LogP contribution in [-0.4, -0.2) is 168 Å². The molecule has 1 aliphatic rings. The van der Waals surface area contributed by atoms with Gasteiger partial charge in [-0.05, 0) is 99.3 Å². The molecule has 5 rings (SSSR count). The summed E-state index contributed by atoms with van der Waals surface area (Å²) < 4.78 is 35.0. The topological polar surface area (TPSA) is 231 Å². The van der Waals surface area contributed by atoms with Crippen molar-refractivity contribution < 1.29 is 66.8 Å². The minimum Gasteiger partial charge on any atom is -0.473 e. The van der Waals surface area contributed by atoms with Gasteiger partial charge in [-0.2, -0.15) is 0 Å². The number of ether oxygens (including phenoxy) is 6. The van der Waals surface area contributed by atoms with Crippen LogP contribution in [0.4, 0.5) is 0 Å². The standard InChI is InChI=1S/C64H90N6O14S2/c1-35(2)27-47-59(75)81-41(11)55(71)67(13)50(30-38(7)8)62(78)84-52(32-44-21-25-46(26-22-44)34-54-40(10)66-64(80-18)86-54)58(74)70(16)48(28-36(3)4)60(76)82-42(12)56(72)68(14)49(29-37(5)6)61(77)83-51(57(73)69(47)15)31-43-19-23-45(24-20-43)33-53-39(9)65-63(79-17)85-53/h19-26,35-38,41-42,47-52H,27-34H2,1-18H3/t41-,42-,47+,48+,49+,50+,51-,52-/m1/s1. The van der Waals surface area contributed by atoms with E-state index in [-0.39, 0.29) is 62.2 Å². The van der Waals surface area contributed by atoms with Gasteiger partial charge < -0.3 is 48.0 Å². The molecule has 8 atom stereocenters. The van der Waals surface area contributed by atoms with Crippen molar-refractivity contribution in [2.24, 2.45) is 23.7 Å². The lowest BCUT2D eigenvalue weighted by Crippen LogP contribution is -2.55. The van der Waals surface area contributed by atoms with Crippen molar-refractivity contribution >= 4 is 70.2 Å². The molecule has 0 N–H and O–H groups in total. The van der Waals surface area contributed by atoms with E-state index in [1.165, 1.54) is 64.7 Å². The van der Waals surface area contributed by atoms with E-state index in [0.717, 1.165) is 51.9 Å². The van der Waals surface area contributed by atoms with Crippen molar-refractivity contribution in [2.75, 3.05) is 42.4 Å². The first kappa shape index (κ1) is 69.8. The number of aromatic nitrogens is 2. The first-order chi connectivity index (χ1) is 40.4. The predicted octanol–water partition coefficient (Wildman–Crippen LogP) is 8.39. The fourth-order valence-electron chi connectivity index (χ4n) is 10.2. The summed E-state index contributed by atoms with van der Waals surface area (Å²) in [5.74, 6) is -7.49. The number of benzene rings is 2. The van der Waals surface area contributed by atoms with E-state index >= 15 is 9.59 Å². The number of aryl methyl sites for hydroxylation is 2. The molecule has 86 heavy (non-hydrogen) atoms. The molecule has 0 unspecified atom stereocenters. The molecule has 0 spiro atoms. The van der Waals surface area contributed by atoms with E-state index < -0.39 is 96.1 Å². The van der Waals surface area contributed by atoms with Gasteiger partial charge >= 0.3 is 23.9 Å². The second-order valence-corrected chi connectivity index (χ2v) is 26.3. The van der Waals surface area contributed by atoms with Crippen LogP contribution in [0.3, 0.4) is 0 Å². The Morgan fingerprint density at radius 2 is 0.686 bits per heavy atom. The Bertz CT molecular complexity index is 2760. The van der Waals surface area contributed by atoms with Crippen molar-refractivity contribution in [3.8, 4) is 10.4 Å². The van der Waals surface area contributed by atoms with Crippen molar-refractivity contribution in [3.63, 3.8) is 0 Å². The van der Waals surface area contributed by atoms with Gasteiger partial charge in [0, 0.05) is 63.6 Å². The molecule has 472 valence electrons. The minimum atomic E-state index is -1.54. The highest BCUT2D eigenvalue weighted by Gasteiger charge is 2.43. The molecule has 0 aliphatic carbocycles. The normalized spacial score (nSPS) is 22.4. The molecule has 0 bridgehead atoms. The summed E-state index contributed by atoms with van der Waals surface area (Å²) in [5.41, 5.74) is 4.80. The Balaban J connectivity index is 1.59. The molecule has 1 aliphatic heterocycles. The molecule has 0 radical (unpaired) electrons. The van der Waals surface area contributed by atoms with Crippen LogP contribution in [-0.2, 0) is 83.0 Å². The van der Waals surface area contributed by atoms with Crippen LogP contribution < -0.4 is 9.47 Å². The third kappa shape index (κ3) is 19.0. The molecular formula is C64H90N6O14S2. The van der Waals surface area contributed by atoms with Crippen LogP contribution in [0, 0.1) is 37.5 Å². The number of cyclic esters (lactones) is 4. The first-order valence-electron chi connectivity index (χ1n) is 29.5. The van der Waals surface area contributed by atoms with Crippen LogP contribution in [0.5, 0.6) is 10.4 Å². The van der Waals surface area contributed by atoms with E-state index in [1.807, 2.05) is 118 Å². The number of hydrogen-bond acceptors (Lipinski definition) is 18. The Morgan fingerprint density at radius 3 is 0.942 bits per heavy atom. The Hall–Kier alpha value is -6.94. The summed E-state index contributed by atoms with van der Waals surface area (Å²) in [6, 6.07) is 9.70. The minimum absolute atomic E-state index is 0.0761. The Kier molecular flexibility index (Phi) is 25.7. The summed E-state index contributed by atoms with van der Waals surface area (Å²) >= 11 is 2.88. The highest BCUT2D eigenvalue weighted by Crippen LogP contribution is 2.30. The number of rotatable bonds is 18. The smallest absolute Gasteiger partial charge is 0.329 e. The lowest BCUT2D eigenvalue weighted by atomic mass is 9.99. The summed E-state index contributed by atoms with van der Waals surface area (Å²) in [5, 5.41) is 1.09. The average Bonchev–Trinajstić information content (AvgIpc) is 3.28. The zero-order chi connectivity index (χ0) is 64.0. The lowest BCUT2D eigenvalue weighted by Gasteiger charge is -2.35. The van der Waals surface area contributed by atoms with Gasteiger partial charge in [0.2, 0.25) is 0 Å². The van der Waals surface area contributed by atoms with E-state index in [0.29, 0.717) is 34.4 Å². The molecule has 3 heterocycles. The van der Waals surface area contributed by atoms with Gasteiger partial charge in [-0.25, -0.2) is 29.1 Å². The van der Waals surface area contributed by atoms with Crippen LogP contribution in [0.15, 0.2) is 48.5 Å². The van der Waals surface area contributed by atoms with E-state index in [9.17, 15) is 28.8 Å². The lowest BCUT2D eigenvalue weighted by molar-refractivity contribution is -0.176. The number of likely N-dealkylation sites (N-methyl/N-ethyl adjacent to an activating group) is 4. The largest absolute Gasteiger partial charge is 0.473 e. The summed E-state index contributed by atoms with van der Waals surface area (Å²) in [7, 11) is 8.70. The fourth-order valence-corrected chi connectivity index (χ4v) is 12.0. The molecule has 4 amide bonds. The van der Waals surface area contributed by atoms with E-state index in [2.05, 4.69) is 9.97 Å². The maximum Gasteiger partial charge on any atom is 0.329 e. The van der Waals surface area contributed by atoms with Crippen molar-refractivity contribution in [3.05, 3.63) is 91.9 Å². The predicted molar refractivity (Wildman–Crippen MR) is 328 cm³/mol. The number of esters is 4. The van der Waals surface area contributed by atoms with Crippen molar-refractivity contribution in [2.45, 2.75) is 183 Å². The molecule has 0 saturated carbocycles. The van der Waals surface area contributed by atoms with Gasteiger partial charge in [0.25, 0.3) is 34.0 Å². The average molecular weight is 1230 g/mol. The van der Waals surface area contributed by atoms with Gasteiger partial charge in [-0.15, -0.1) is 0 Å². The van der Waals surface area contributed by atoms with Gasteiger partial charge in [0.15, 0.2) is 24.4 Å². The van der Waals surface area contributed by atoms with Crippen LogP contribution >= 0.6 is 22.7 Å². The molecular weight excluding hydrogens is 1140 g/mol. The third-order valence-corrected chi connectivity index (χ3v) is 17.4. The third-order valence-electron chi connectivity index (χ3n) is 15.2. The van der Waals surface area contributed by atoms with E-state index in [1.54, 1.807) is 14.2 Å². The summed E-state index contributed by atoms with van der Waals surface area (Å²) in [4.78, 5) is 134. The molecule has 2 aromatic carbocycles. The van der Waals surface area contributed by atoms with Crippen LogP contribution in [0.2, 0.25) is 0 Å². The first-order valence-corrected chi connectivity index (χ1v) is 31.1. The maximum absolute atomic E-state index is 15.1. The quantitative estimate of drug-likeness (QED) is 0.0672. The molecule has 2 aromatic heterocycles. The number of thiazole rings is 2. The SMILES string of the molecule is COc1nc(C)c(Cc2ccc(C[C@H]3OC(=O)[C@H](CC(C)C)N(C)C(=O)[C@@H](C)OC(=O)[C@H](CC(C)C)N(C)C(=O)[C@@H](Cc4ccc(Cc5sc(OC)nc5C)cc4)OC(=O)[C@H](CC(C)C)N(C)C(=O)[C@@H](C)OC(=O)[C@H](CC(C)C)N(C)C3=O)cc2)s1.